The van der Waals surface area contributed by atoms with Gasteiger partial charge in [-0.05, 0) is 38.3 Å². The lowest BCUT2D eigenvalue weighted by atomic mass is 9.93. The van der Waals surface area contributed by atoms with Crippen LogP contribution in [0.1, 0.15) is 26.7 Å². The highest BCUT2D eigenvalue weighted by atomic mass is 35.5. The Kier molecular flexibility index (Phi) is 3.32. The van der Waals surface area contributed by atoms with Crippen molar-refractivity contribution in [2.24, 2.45) is 0 Å². The van der Waals surface area contributed by atoms with Crippen molar-refractivity contribution in [3.63, 3.8) is 0 Å². The maximum atomic E-state index is 12.0. The van der Waals surface area contributed by atoms with Crippen LogP contribution in [0.15, 0.2) is 0 Å². The Balaban J connectivity index is 2.04. The fraction of sp³-hybridized carbons (Fsp3) is 0.818. The van der Waals surface area contributed by atoms with E-state index in [-0.39, 0.29) is 17.7 Å². The summed E-state index contributed by atoms with van der Waals surface area (Å²) in [5, 5.41) is -0.691. The summed E-state index contributed by atoms with van der Waals surface area (Å²) in [5.41, 5.74) is -0.207. The summed E-state index contributed by atoms with van der Waals surface area (Å²) >= 11 is 5.35. The number of nitrogens with zero attached hydrogens (tertiary/aromatic N) is 2. The molecule has 5 nitrogen and oxygen atoms in total. The fourth-order valence-corrected chi connectivity index (χ4v) is 2.68. The molecule has 17 heavy (non-hydrogen) atoms. The minimum atomic E-state index is -0.691. The molecule has 0 aliphatic carbocycles. The van der Waals surface area contributed by atoms with Gasteiger partial charge in [0.15, 0.2) is 0 Å². The molecule has 1 atom stereocenters. The summed E-state index contributed by atoms with van der Waals surface area (Å²) in [6, 6.07) is -0.125. The Hall–Kier alpha value is -0.810. The van der Waals surface area contributed by atoms with Gasteiger partial charge in [-0.1, -0.05) is 0 Å². The molecule has 0 aromatic heterocycles. The number of imide groups is 1. The lowest BCUT2D eigenvalue weighted by molar-refractivity contribution is -0.0751. The van der Waals surface area contributed by atoms with Crippen molar-refractivity contribution >= 4 is 23.0 Å². The second kappa shape index (κ2) is 4.46. The number of carbonyl (C=O) groups is 2. The molecule has 0 N–H and O–H groups in total. The predicted molar refractivity (Wildman–Crippen MR) is 63.1 cm³/mol. The molecule has 0 bridgehead atoms. The van der Waals surface area contributed by atoms with E-state index in [0.29, 0.717) is 19.7 Å². The van der Waals surface area contributed by atoms with Crippen LogP contribution in [0.5, 0.6) is 0 Å². The fourth-order valence-electron chi connectivity index (χ4n) is 2.52. The first-order chi connectivity index (χ1) is 7.91. The van der Waals surface area contributed by atoms with Crippen LogP contribution in [-0.2, 0) is 4.74 Å². The van der Waals surface area contributed by atoms with E-state index in [4.69, 9.17) is 16.3 Å². The first-order valence-electron chi connectivity index (χ1n) is 5.82. The van der Waals surface area contributed by atoms with Crippen LogP contribution < -0.4 is 0 Å². The minimum absolute atomic E-state index is 0.146. The Bertz CT molecular complexity index is 346. The third-order valence-electron chi connectivity index (χ3n) is 3.37. The van der Waals surface area contributed by atoms with Crippen LogP contribution in [0.25, 0.3) is 0 Å². The molecule has 2 heterocycles. The van der Waals surface area contributed by atoms with E-state index in [1.807, 2.05) is 13.8 Å². The number of carbonyl (C=O) groups excluding carboxylic acids is 2. The second-order valence-corrected chi connectivity index (χ2v) is 5.46. The average Bonchev–Trinajstić information content (AvgIpc) is 2.58. The van der Waals surface area contributed by atoms with Crippen LogP contribution in [0.4, 0.5) is 9.59 Å². The summed E-state index contributed by atoms with van der Waals surface area (Å²) in [5.74, 6) is 0. The van der Waals surface area contributed by atoms with E-state index >= 15 is 0 Å². The third-order valence-corrected chi connectivity index (χ3v) is 3.57. The molecule has 0 saturated carbocycles. The van der Waals surface area contributed by atoms with Crippen LogP contribution in [-0.4, -0.2) is 52.5 Å². The van der Waals surface area contributed by atoms with Gasteiger partial charge in [0.25, 0.3) is 0 Å². The zero-order valence-electron chi connectivity index (χ0n) is 10.1. The molecule has 0 spiro atoms. The highest BCUT2D eigenvalue weighted by molar-refractivity contribution is 6.64. The zero-order chi connectivity index (χ0) is 12.6. The summed E-state index contributed by atoms with van der Waals surface area (Å²) in [7, 11) is 0. The lowest BCUT2D eigenvalue weighted by Gasteiger charge is -2.39. The number of urea groups is 1. The quantitative estimate of drug-likeness (QED) is 0.536. The van der Waals surface area contributed by atoms with Gasteiger partial charge in [0.05, 0.1) is 5.60 Å². The molecule has 0 radical (unpaired) electrons. The normalized spacial score (nSPS) is 28.6. The van der Waals surface area contributed by atoms with Crippen molar-refractivity contribution in [2.75, 3.05) is 19.7 Å². The Morgan fingerprint density at radius 3 is 2.71 bits per heavy atom. The molecule has 2 aliphatic heterocycles. The van der Waals surface area contributed by atoms with Crippen molar-refractivity contribution in [3.05, 3.63) is 0 Å². The van der Waals surface area contributed by atoms with Crippen molar-refractivity contribution < 1.29 is 14.3 Å². The number of halogens is 1. The van der Waals surface area contributed by atoms with Gasteiger partial charge in [0.2, 0.25) is 0 Å². The summed E-state index contributed by atoms with van der Waals surface area (Å²) in [4.78, 5) is 25.8. The van der Waals surface area contributed by atoms with Crippen LogP contribution >= 0.6 is 11.6 Å². The van der Waals surface area contributed by atoms with E-state index in [2.05, 4.69) is 0 Å². The van der Waals surface area contributed by atoms with Gasteiger partial charge in [-0.25, -0.2) is 9.69 Å². The van der Waals surface area contributed by atoms with E-state index in [0.717, 1.165) is 17.7 Å². The average molecular weight is 261 g/mol. The zero-order valence-corrected chi connectivity index (χ0v) is 10.9. The molecule has 0 aromatic carbocycles. The molecule has 1 unspecified atom stereocenters. The summed E-state index contributed by atoms with van der Waals surface area (Å²) in [6.07, 6.45) is 1.61. The molecular weight excluding hydrogens is 244 g/mol. The van der Waals surface area contributed by atoms with E-state index < -0.39 is 5.37 Å². The van der Waals surface area contributed by atoms with Gasteiger partial charge in [0, 0.05) is 25.7 Å². The standard InChI is InChI=1S/C11H17ClN2O3/c1-11(2)7-8(3-6-17-11)13-4-5-14(9(12)15)10(13)16/h8H,3-7H2,1-2H3. The third kappa shape index (κ3) is 2.55. The molecule has 2 saturated heterocycles. The molecule has 2 aliphatic rings. The maximum absolute atomic E-state index is 12.0. The number of ether oxygens (including phenoxy) is 1. The maximum Gasteiger partial charge on any atom is 0.328 e. The van der Waals surface area contributed by atoms with Gasteiger partial charge in [-0.15, -0.1) is 0 Å². The smallest absolute Gasteiger partial charge is 0.328 e. The molecule has 3 amide bonds. The topological polar surface area (TPSA) is 49.9 Å². The van der Waals surface area contributed by atoms with Gasteiger partial charge in [-0.2, -0.15) is 0 Å². The Morgan fingerprint density at radius 1 is 1.47 bits per heavy atom. The van der Waals surface area contributed by atoms with Crippen molar-refractivity contribution in [3.8, 4) is 0 Å². The van der Waals surface area contributed by atoms with Gasteiger partial charge >= 0.3 is 11.4 Å². The number of hydrogen-bond donors (Lipinski definition) is 0. The molecule has 2 rings (SSSR count). The highest BCUT2D eigenvalue weighted by Crippen LogP contribution is 2.29. The minimum Gasteiger partial charge on any atom is -0.375 e. The number of hydrogen-bond acceptors (Lipinski definition) is 3. The molecule has 0 aromatic rings. The largest absolute Gasteiger partial charge is 0.375 e. The second-order valence-electron chi connectivity index (χ2n) is 5.14. The summed E-state index contributed by atoms with van der Waals surface area (Å²) in [6.45, 7) is 5.64. The molecule has 2 fully saturated rings. The van der Waals surface area contributed by atoms with Gasteiger partial charge in [0.1, 0.15) is 0 Å². The van der Waals surface area contributed by atoms with Gasteiger partial charge in [-0.3, -0.25) is 4.79 Å². The SMILES string of the molecule is CC1(C)CC(N2CCN(C(=O)Cl)C2=O)CCO1. The number of amides is 3. The lowest BCUT2D eigenvalue weighted by Crippen LogP contribution is -2.47. The molecule has 96 valence electrons. The van der Waals surface area contributed by atoms with Crippen LogP contribution in [0, 0.1) is 0 Å². The van der Waals surface area contributed by atoms with Gasteiger partial charge < -0.3 is 9.64 Å². The van der Waals surface area contributed by atoms with E-state index in [1.54, 1.807) is 4.90 Å². The number of rotatable bonds is 1. The Labute approximate surface area is 106 Å². The van der Waals surface area contributed by atoms with Crippen LogP contribution in [0.2, 0.25) is 0 Å². The van der Waals surface area contributed by atoms with Crippen molar-refractivity contribution in [2.45, 2.75) is 38.3 Å². The first-order valence-corrected chi connectivity index (χ1v) is 6.20. The van der Waals surface area contributed by atoms with E-state index in [9.17, 15) is 9.59 Å². The molecule has 6 heteroatoms. The first kappa shape index (κ1) is 12.6. The van der Waals surface area contributed by atoms with Crippen molar-refractivity contribution in [1.29, 1.82) is 0 Å². The van der Waals surface area contributed by atoms with Crippen molar-refractivity contribution in [1.82, 2.24) is 9.80 Å². The molecular formula is C11H17ClN2O3. The monoisotopic (exact) mass is 260 g/mol. The Morgan fingerprint density at radius 2 is 2.18 bits per heavy atom. The summed E-state index contributed by atoms with van der Waals surface area (Å²) < 4.78 is 5.62. The van der Waals surface area contributed by atoms with Crippen LogP contribution in [0.3, 0.4) is 0 Å². The highest BCUT2D eigenvalue weighted by Gasteiger charge is 2.40. The predicted octanol–water partition coefficient (Wildman–Crippen LogP) is 2.04. The van der Waals surface area contributed by atoms with E-state index in [1.165, 1.54) is 0 Å².